The Balaban J connectivity index is 1.55. The summed E-state index contributed by atoms with van der Waals surface area (Å²) in [5.74, 6) is 1.09. The molecule has 3 N–H and O–H groups in total. The second-order valence-electron chi connectivity index (χ2n) is 6.52. The van der Waals surface area contributed by atoms with E-state index in [4.69, 9.17) is 0 Å². The lowest BCUT2D eigenvalue weighted by molar-refractivity contribution is -0.0504. The van der Waals surface area contributed by atoms with Crippen molar-refractivity contribution in [2.75, 3.05) is 6.61 Å². The van der Waals surface area contributed by atoms with Gasteiger partial charge in [-0.15, -0.1) is 0 Å². The Bertz CT molecular complexity index is 585. The summed E-state index contributed by atoms with van der Waals surface area (Å²) in [6.07, 6.45) is 3.26. The molecule has 0 saturated heterocycles. The number of hydrogen-bond acceptors (Lipinski definition) is 3. The molecule has 132 valence electrons. The molecule has 2 amide bonds. The van der Waals surface area contributed by atoms with Gasteiger partial charge in [-0.3, -0.25) is 0 Å². The van der Waals surface area contributed by atoms with Crippen molar-refractivity contribution in [2.24, 2.45) is 17.8 Å². The first-order valence-corrected chi connectivity index (χ1v) is 8.26. The molecule has 0 heterocycles. The Morgan fingerprint density at radius 3 is 2.79 bits per heavy atom. The molecule has 2 saturated carbocycles. The molecule has 4 atom stereocenters. The van der Waals surface area contributed by atoms with Crippen LogP contribution in [-0.4, -0.2) is 30.4 Å². The minimum Gasteiger partial charge on any atom is -0.434 e. The van der Waals surface area contributed by atoms with E-state index in [2.05, 4.69) is 15.4 Å². The van der Waals surface area contributed by atoms with Crippen LogP contribution in [0.15, 0.2) is 24.3 Å². The molecule has 2 fully saturated rings. The SMILES string of the molecule is O=C(NCc1ccccc1OC(F)F)NC1C2CCC(C2)C1CO. The molecular weight excluding hydrogens is 318 g/mol. The van der Waals surface area contributed by atoms with Crippen LogP contribution in [0.1, 0.15) is 24.8 Å². The van der Waals surface area contributed by atoms with Gasteiger partial charge in [0.05, 0.1) is 0 Å². The first-order chi connectivity index (χ1) is 11.6. The zero-order chi connectivity index (χ0) is 17.1. The lowest BCUT2D eigenvalue weighted by Gasteiger charge is -2.30. The molecule has 0 aliphatic heterocycles. The minimum atomic E-state index is -2.90. The molecule has 2 aliphatic rings. The van der Waals surface area contributed by atoms with Gasteiger partial charge in [-0.1, -0.05) is 18.2 Å². The van der Waals surface area contributed by atoms with E-state index in [-0.39, 0.29) is 36.9 Å². The van der Waals surface area contributed by atoms with Crippen molar-refractivity contribution in [2.45, 2.75) is 38.5 Å². The Hall–Kier alpha value is -1.89. The number of benzene rings is 1. The number of carbonyl (C=O) groups excluding carboxylic acids is 1. The highest BCUT2D eigenvalue weighted by Gasteiger charge is 2.47. The van der Waals surface area contributed by atoms with Crippen molar-refractivity contribution in [1.29, 1.82) is 0 Å². The molecule has 0 spiro atoms. The number of ether oxygens (including phenoxy) is 1. The summed E-state index contributed by atoms with van der Waals surface area (Å²) < 4.78 is 29.2. The van der Waals surface area contributed by atoms with Crippen molar-refractivity contribution in [3.05, 3.63) is 29.8 Å². The van der Waals surface area contributed by atoms with Crippen LogP contribution in [0, 0.1) is 17.8 Å². The highest BCUT2D eigenvalue weighted by Crippen LogP contribution is 2.48. The topological polar surface area (TPSA) is 70.6 Å². The fourth-order valence-corrected chi connectivity index (χ4v) is 4.14. The number of carbonyl (C=O) groups is 1. The molecule has 7 heteroatoms. The molecule has 3 rings (SSSR count). The minimum absolute atomic E-state index is 0.0127. The normalized spacial score (nSPS) is 28.2. The number of alkyl halides is 2. The molecule has 1 aromatic carbocycles. The predicted octanol–water partition coefficient (Wildman–Crippen LogP) is 2.49. The maximum atomic E-state index is 12.4. The van der Waals surface area contributed by atoms with E-state index in [0.29, 0.717) is 17.4 Å². The van der Waals surface area contributed by atoms with Gasteiger partial charge < -0.3 is 20.5 Å². The van der Waals surface area contributed by atoms with Gasteiger partial charge in [-0.25, -0.2) is 4.79 Å². The molecule has 0 aromatic heterocycles. The maximum Gasteiger partial charge on any atom is 0.387 e. The third-order valence-electron chi connectivity index (χ3n) is 5.23. The van der Waals surface area contributed by atoms with Gasteiger partial charge in [0.2, 0.25) is 0 Å². The number of fused-ring (bicyclic) bond motifs is 2. The molecule has 2 aliphatic carbocycles. The smallest absolute Gasteiger partial charge is 0.387 e. The van der Waals surface area contributed by atoms with Crippen LogP contribution in [0.3, 0.4) is 0 Å². The average molecular weight is 340 g/mol. The summed E-state index contributed by atoms with van der Waals surface area (Å²) in [6.45, 7) is -2.73. The largest absolute Gasteiger partial charge is 0.434 e. The zero-order valence-electron chi connectivity index (χ0n) is 13.3. The third kappa shape index (κ3) is 3.61. The first kappa shape index (κ1) is 17.0. The van der Waals surface area contributed by atoms with Crippen LogP contribution in [-0.2, 0) is 6.54 Å². The summed E-state index contributed by atoms with van der Waals surface area (Å²) >= 11 is 0. The highest BCUT2D eigenvalue weighted by molar-refractivity contribution is 5.74. The van der Waals surface area contributed by atoms with Crippen molar-refractivity contribution in [3.63, 3.8) is 0 Å². The van der Waals surface area contributed by atoms with E-state index in [9.17, 15) is 18.7 Å². The standard InChI is InChI=1S/C17H22F2N2O3/c18-16(19)24-14-4-2-1-3-12(14)8-20-17(23)21-15-11-6-5-10(7-11)13(15)9-22/h1-4,10-11,13,15-16,22H,5-9H2,(H2,20,21,23). The van der Waals surface area contributed by atoms with Crippen LogP contribution in [0.5, 0.6) is 5.75 Å². The van der Waals surface area contributed by atoms with E-state index < -0.39 is 6.61 Å². The number of hydrogen-bond donors (Lipinski definition) is 3. The van der Waals surface area contributed by atoms with Gasteiger partial charge in [-0.05, 0) is 37.2 Å². The summed E-state index contributed by atoms with van der Waals surface area (Å²) in [6, 6.07) is 6.01. The molecular formula is C17H22F2N2O3. The van der Waals surface area contributed by atoms with Gasteiger partial charge in [0.1, 0.15) is 5.75 Å². The number of aliphatic hydroxyl groups is 1. The number of para-hydroxylation sites is 1. The molecule has 2 bridgehead atoms. The van der Waals surface area contributed by atoms with Gasteiger partial charge >= 0.3 is 12.6 Å². The lowest BCUT2D eigenvalue weighted by atomic mass is 9.85. The second kappa shape index (κ2) is 7.34. The van der Waals surface area contributed by atoms with Crippen LogP contribution in [0.25, 0.3) is 0 Å². The fraction of sp³-hybridized carbons (Fsp3) is 0.588. The zero-order valence-corrected chi connectivity index (χ0v) is 13.3. The number of amides is 2. The quantitative estimate of drug-likeness (QED) is 0.745. The van der Waals surface area contributed by atoms with Gasteiger partial charge in [0, 0.05) is 30.7 Å². The molecule has 1 aromatic rings. The molecule has 5 nitrogen and oxygen atoms in total. The number of aliphatic hydroxyl groups excluding tert-OH is 1. The number of nitrogens with one attached hydrogen (secondary N) is 2. The van der Waals surface area contributed by atoms with E-state index in [1.165, 1.54) is 6.07 Å². The summed E-state index contributed by atoms with van der Waals surface area (Å²) in [5, 5.41) is 15.2. The average Bonchev–Trinajstić information content (AvgIpc) is 3.14. The molecule has 24 heavy (non-hydrogen) atoms. The van der Waals surface area contributed by atoms with Crippen LogP contribution >= 0.6 is 0 Å². The van der Waals surface area contributed by atoms with Gasteiger partial charge in [0.25, 0.3) is 0 Å². The van der Waals surface area contributed by atoms with Crippen LogP contribution in [0.2, 0.25) is 0 Å². The van der Waals surface area contributed by atoms with E-state index >= 15 is 0 Å². The van der Waals surface area contributed by atoms with Gasteiger partial charge in [-0.2, -0.15) is 8.78 Å². The third-order valence-corrected chi connectivity index (χ3v) is 5.23. The highest BCUT2D eigenvalue weighted by atomic mass is 19.3. The summed E-state index contributed by atoms with van der Waals surface area (Å²) in [5.41, 5.74) is 0.486. The second-order valence-corrected chi connectivity index (χ2v) is 6.52. The number of rotatable bonds is 6. The monoisotopic (exact) mass is 340 g/mol. The Kier molecular flexibility index (Phi) is 5.18. The van der Waals surface area contributed by atoms with E-state index in [0.717, 1.165) is 19.3 Å². The van der Waals surface area contributed by atoms with Gasteiger partial charge in [0.15, 0.2) is 0 Å². The predicted molar refractivity (Wildman–Crippen MR) is 83.6 cm³/mol. The number of urea groups is 1. The summed E-state index contributed by atoms with van der Waals surface area (Å²) in [4.78, 5) is 12.2. The van der Waals surface area contributed by atoms with Crippen molar-refractivity contribution >= 4 is 6.03 Å². The van der Waals surface area contributed by atoms with Crippen LogP contribution in [0.4, 0.5) is 13.6 Å². The first-order valence-electron chi connectivity index (χ1n) is 8.26. The maximum absolute atomic E-state index is 12.4. The van der Waals surface area contributed by atoms with E-state index in [1.807, 2.05) is 0 Å². The molecule has 4 unspecified atom stereocenters. The van der Waals surface area contributed by atoms with Crippen molar-refractivity contribution in [3.8, 4) is 5.75 Å². The van der Waals surface area contributed by atoms with Crippen molar-refractivity contribution in [1.82, 2.24) is 10.6 Å². The van der Waals surface area contributed by atoms with Crippen LogP contribution < -0.4 is 15.4 Å². The Labute approximate surface area is 139 Å². The number of halogens is 2. The summed E-state index contributed by atoms with van der Waals surface area (Å²) in [7, 11) is 0. The Morgan fingerprint density at radius 2 is 2.04 bits per heavy atom. The van der Waals surface area contributed by atoms with Crippen molar-refractivity contribution < 1.29 is 23.4 Å². The lowest BCUT2D eigenvalue weighted by Crippen LogP contribution is -2.48. The van der Waals surface area contributed by atoms with E-state index in [1.54, 1.807) is 18.2 Å². The Morgan fingerprint density at radius 1 is 1.29 bits per heavy atom. The fourth-order valence-electron chi connectivity index (χ4n) is 4.14. The molecule has 0 radical (unpaired) electrons.